The number of hydrogen-bond donors (Lipinski definition) is 3. The number of ether oxygens (including phenoxy) is 2. The Labute approximate surface area is 139 Å². The molecule has 0 aliphatic carbocycles. The van der Waals surface area contributed by atoms with Gasteiger partial charge in [-0.05, 0) is 32.8 Å². The van der Waals surface area contributed by atoms with Gasteiger partial charge in [0.15, 0.2) is 11.6 Å². The minimum atomic E-state index is -1.50. The first-order chi connectivity index (χ1) is 10.7. The van der Waals surface area contributed by atoms with Crippen molar-refractivity contribution >= 4 is 0 Å². The molecule has 0 aromatic heterocycles. The van der Waals surface area contributed by atoms with Crippen molar-refractivity contribution < 1.29 is 24.8 Å². The van der Waals surface area contributed by atoms with Crippen LogP contribution in [0.4, 0.5) is 0 Å². The van der Waals surface area contributed by atoms with Crippen molar-refractivity contribution in [2.75, 3.05) is 6.61 Å². The van der Waals surface area contributed by atoms with Crippen molar-refractivity contribution in [1.82, 2.24) is 0 Å². The molecule has 134 valence electrons. The monoisotopic (exact) mass is 328 g/mol. The standard InChI is InChI=1S/C13H18O3.C3H8O2.C2H6/c1-13(14)8-7-12(16-13)10-15-9-11-5-3-2-4-6-11;1-3(2,4)5;1-2/h2-6,12,14H,7-10H2,1H3;4-5H,1-2H3;1-2H3. The Balaban J connectivity index is 0.000000594. The molecular formula is C18H32O5. The van der Waals surface area contributed by atoms with Gasteiger partial charge in [-0.25, -0.2) is 0 Å². The molecule has 1 aliphatic rings. The average Bonchev–Trinajstić information content (AvgIpc) is 2.80. The molecule has 3 N–H and O–H groups in total. The summed E-state index contributed by atoms with van der Waals surface area (Å²) in [7, 11) is 0. The average molecular weight is 328 g/mol. The van der Waals surface area contributed by atoms with E-state index in [2.05, 4.69) is 0 Å². The molecule has 5 nitrogen and oxygen atoms in total. The number of benzene rings is 1. The molecule has 1 aromatic rings. The highest BCUT2D eigenvalue weighted by atomic mass is 16.6. The Bertz CT molecular complexity index is 392. The first kappa shape index (κ1) is 22.0. The molecular weight excluding hydrogens is 296 g/mol. The molecule has 0 spiro atoms. The van der Waals surface area contributed by atoms with E-state index < -0.39 is 11.6 Å². The summed E-state index contributed by atoms with van der Waals surface area (Å²) in [5.41, 5.74) is 1.16. The molecule has 0 bridgehead atoms. The molecule has 1 heterocycles. The number of aliphatic hydroxyl groups is 3. The summed E-state index contributed by atoms with van der Waals surface area (Å²) in [5.74, 6) is -2.46. The summed E-state index contributed by atoms with van der Waals surface area (Å²) >= 11 is 0. The molecule has 0 amide bonds. The molecule has 1 fully saturated rings. The first-order valence-corrected chi connectivity index (χ1v) is 8.12. The molecule has 1 saturated heterocycles. The SMILES string of the molecule is CC.CC(C)(O)O.CC1(O)CCC(COCc2ccccc2)O1. The summed E-state index contributed by atoms with van der Waals surface area (Å²) in [6.45, 7) is 9.44. The van der Waals surface area contributed by atoms with Crippen molar-refractivity contribution in [3.05, 3.63) is 35.9 Å². The third-order valence-corrected chi connectivity index (χ3v) is 2.77. The van der Waals surface area contributed by atoms with E-state index in [1.807, 2.05) is 44.2 Å². The second-order valence-electron chi connectivity index (χ2n) is 5.95. The van der Waals surface area contributed by atoms with Gasteiger partial charge < -0.3 is 24.8 Å². The Morgan fingerprint density at radius 1 is 1.22 bits per heavy atom. The van der Waals surface area contributed by atoms with Gasteiger partial charge in [0.25, 0.3) is 0 Å². The summed E-state index contributed by atoms with van der Waals surface area (Å²) in [6.07, 6.45) is 1.58. The van der Waals surface area contributed by atoms with Crippen LogP contribution in [0.25, 0.3) is 0 Å². The summed E-state index contributed by atoms with van der Waals surface area (Å²) in [5, 5.41) is 25.8. The van der Waals surface area contributed by atoms with Crippen LogP contribution in [0.2, 0.25) is 0 Å². The maximum absolute atomic E-state index is 9.60. The zero-order chi connectivity index (χ0) is 17.9. The number of rotatable bonds is 4. The van der Waals surface area contributed by atoms with E-state index in [4.69, 9.17) is 19.7 Å². The van der Waals surface area contributed by atoms with Crippen molar-refractivity contribution in [1.29, 1.82) is 0 Å². The van der Waals surface area contributed by atoms with E-state index in [1.165, 1.54) is 13.8 Å². The highest BCUT2D eigenvalue weighted by Gasteiger charge is 2.33. The Morgan fingerprint density at radius 3 is 2.17 bits per heavy atom. The maximum Gasteiger partial charge on any atom is 0.163 e. The van der Waals surface area contributed by atoms with Gasteiger partial charge in [0, 0.05) is 6.42 Å². The van der Waals surface area contributed by atoms with Gasteiger partial charge in [-0.1, -0.05) is 44.2 Å². The van der Waals surface area contributed by atoms with Crippen molar-refractivity contribution in [2.45, 2.75) is 71.7 Å². The fourth-order valence-electron chi connectivity index (χ4n) is 1.91. The van der Waals surface area contributed by atoms with E-state index in [9.17, 15) is 5.11 Å². The second-order valence-corrected chi connectivity index (χ2v) is 5.95. The zero-order valence-corrected chi connectivity index (χ0v) is 15.0. The zero-order valence-electron chi connectivity index (χ0n) is 15.0. The minimum absolute atomic E-state index is 0.0266. The van der Waals surface area contributed by atoms with Crippen LogP contribution in [0.1, 0.15) is 53.0 Å². The van der Waals surface area contributed by atoms with Gasteiger partial charge >= 0.3 is 0 Å². The third-order valence-electron chi connectivity index (χ3n) is 2.77. The van der Waals surface area contributed by atoms with Gasteiger partial charge in [-0.3, -0.25) is 0 Å². The van der Waals surface area contributed by atoms with Gasteiger partial charge in [0.1, 0.15) is 0 Å². The lowest BCUT2D eigenvalue weighted by atomic mass is 10.2. The minimum Gasteiger partial charge on any atom is -0.374 e. The lowest BCUT2D eigenvalue weighted by Gasteiger charge is -2.17. The van der Waals surface area contributed by atoms with Crippen LogP contribution in [-0.4, -0.2) is 39.6 Å². The normalized spacial score (nSPS) is 23.4. The lowest BCUT2D eigenvalue weighted by molar-refractivity contribution is -0.187. The van der Waals surface area contributed by atoms with E-state index in [-0.39, 0.29) is 6.10 Å². The van der Waals surface area contributed by atoms with Gasteiger partial charge in [-0.15, -0.1) is 0 Å². The Hall–Kier alpha value is -0.980. The van der Waals surface area contributed by atoms with Crippen molar-refractivity contribution in [2.24, 2.45) is 0 Å². The Kier molecular flexibility index (Phi) is 10.3. The van der Waals surface area contributed by atoms with Crippen molar-refractivity contribution in [3.63, 3.8) is 0 Å². The number of hydrogen-bond acceptors (Lipinski definition) is 5. The molecule has 23 heavy (non-hydrogen) atoms. The van der Waals surface area contributed by atoms with E-state index in [0.717, 1.165) is 12.0 Å². The van der Waals surface area contributed by atoms with Crippen LogP contribution < -0.4 is 0 Å². The van der Waals surface area contributed by atoms with Gasteiger partial charge in [-0.2, -0.15) is 0 Å². The largest absolute Gasteiger partial charge is 0.374 e. The molecule has 2 atom stereocenters. The highest BCUT2D eigenvalue weighted by Crippen LogP contribution is 2.27. The molecule has 2 rings (SSSR count). The van der Waals surface area contributed by atoms with Crippen molar-refractivity contribution in [3.8, 4) is 0 Å². The van der Waals surface area contributed by atoms with Crippen LogP contribution in [0.3, 0.4) is 0 Å². The van der Waals surface area contributed by atoms with E-state index in [0.29, 0.717) is 19.6 Å². The van der Waals surface area contributed by atoms with Crippen LogP contribution in [0, 0.1) is 0 Å². The van der Waals surface area contributed by atoms with E-state index >= 15 is 0 Å². The topological polar surface area (TPSA) is 79.2 Å². The quantitative estimate of drug-likeness (QED) is 0.741. The molecule has 0 radical (unpaired) electrons. The van der Waals surface area contributed by atoms with Crippen LogP contribution in [0.15, 0.2) is 30.3 Å². The summed E-state index contributed by atoms with van der Waals surface area (Å²) in [6, 6.07) is 10.0. The predicted octanol–water partition coefficient (Wildman–Crippen LogP) is 2.82. The Morgan fingerprint density at radius 2 is 1.74 bits per heavy atom. The van der Waals surface area contributed by atoms with Crippen LogP contribution >= 0.6 is 0 Å². The summed E-state index contributed by atoms with van der Waals surface area (Å²) in [4.78, 5) is 0. The third kappa shape index (κ3) is 13.2. The maximum atomic E-state index is 9.60. The predicted molar refractivity (Wildman–Crippen MR) is 90.7 cm³/mol. The molecule has 5 heteroatoms. The van der Waals surface area contributed by atoms with Crippen LogP contribution in [0.5, 0.6) is 0 Å². The lowest BCUT2D eigenvalue weighted by Crippen LogP contribution is -2.25. The van der Waals surface area contributed by atoms with Crippen LogP contribution in [-0.2, 0) is 16.1 Å². The van der Waals surface area contributed by atoms with E-state index in [1.54, 1.807) is 6.92 Å². The van der Waals surface area contributed by atoms with Gasteiger partial charge in [0.2, 0.25) is 0 Å². The molecule has 1 aliphatic heterocycles. The fraction of sp³-hybridized carbons (Fsp3) is 0.667. The smallest absolute Gasteiger partial charge is 0.163 e. The highest BCUT2D eigenvalue weighted by molar-refractivity contribution is 5.13. The fourth-order valence-corrected chi connectivity index (χ4v) is 1.91. The van der Waals surface area contributed by atoms with Gasteiger partial charge in [0.05, 0.1) is 19.3 Å². The molecule has 0 saturated carbocycles. The molecule has 1 aromatic carbocycles. The molecule has 2 unspecified atom stereocenters. The first-order valence-electron chi connectivity index (χ1n) is 8.12. The summed E-state index contributed by atoms with van der Waals surface area (Å²) < 4.78 is 11.0. The second kappa shape index (κ2) is 10.7.